The number of benzene rings is 2. The predicted octanol–water partition coefficient (Wildman–Crippen LogP) is 1.41. The summed E-state index contributed by atoms with van der Waals surface area (Å²) in [5, 5.41) is 5.76. The van der Waals surface area contributed by atoms with Gasteiger partial charge in [-0.15, -0.1) is 0 Å². The second-order valence-electron chi connectivity index (χ2n) is 7.73. The van der Waals surface area contributed by atoms with Gasteiger partial charge < -0.3 is 20.3 Å². The molecule has 3 rings (SSSR count). The second-order valence-corrected chi connectivity index (χ2v) is 7.73. The number of anilines is 1. The summed E-state index contributed by atoms with van der Waals surface area (Å²) in [5.41, 5.74) is 1.91. The molecule has 7 heteroatoms. The number of piperidine rings is 1. The van der Waals surface area contributed by atoms with Gasteiger partial charge in [-0.25, -0.2) is 0 Å². The van der Waals surface area contributed by atoms with Crippen LogP contribution in [-0.2, 0) is 20.9 Å². The molecule has 2 atom stereocenters. The molecule has 3 N–H and O–H groups in total. The molecule has 164 valence electrons. The Morgan fingerprint density at radius 3 is 2.58 bits per heavy atom. The molecule has 0 radical (unpaired) electrons. The highest BCUT2D eigenvalue weighted by molar-refractivity contribution is 6.03. The summed E-state index contributed by atoms with van der Waals surface area (Å²) in [6, 6.07) is 16.6. The smallest absolute Gasteiger partial charge is 0.314 e. The first-order valence-electron chi connectivity index (χ1n) is 10.8. The van der Waals surface area contributed by atoms with E-state index in [0.29, 0.717) is 30.9 Å². The van der Waals surface area contributed by atoms with Crippen LogP contribution in [0.15, 0.2) is 54.6 Å². The summed E-state index contributed by atoms with van der Waals surface area (Å²) >= 11 is 0. The van der Waals surface area contributed by atoms with Gasteiger partial charge in [0, 0.05) is 6.54 Å². The number of carbonyl (C=O) groups is 3. The summed E-state index contributed by atoms with van der Waals surface area (Å²) in [5.74, 6) is -0.761. The Balaban J connectivity index is 1.56. The molecule has 1 fully saturated rings. The van der Waals surface area contributed by atoms with Crippen LogP contribution >= 0.6 is 0 Å². The van der Waals surface area contributed by atoms with Gasteiger partial charge in [0.1, 0.15) is 5.92 Å². The number of nitrogens with one attached hydrogen (secondary N) is 3. The van der Waals surface area contributed by atoms with Crippen molar-refractivity contribution in [2.24, 2.45) is 5.92 Å². The van der Waals surface area contributed by atoms with Crippen molar-refractivity contribution in [3.63, 3.8) is 0 Å². The average Bonchev–Trinajstić information content (AvgIpc) is 2.79. The largest absolute Gasteiger partial charge is 0.466 e. The van der Waals surface area contributed by atoms with Crippen LogP contribution in [0.25, 0.3) is 0 Å². The molecule has 1 heterocycles. The Kier molecular flexibility index (Phi) is 8.18. The third-order valence-electron chi connectivity index (χ3n) is 5.39. The molecular formula is C24H30N3O4+. The van der Waals surface area contributed by atoms with Crippen molar-refractivity contribution in [1.82, 2.24) is 5.32 Å². The SMILES string of the molecule is CCOC(=O)[C@@H]1CCC[NH+](CC(=O)Nc2ccccc2C(=O)NCc2ccccc2)C1. The average molecular weight is 425 g/mol. The Labute approximate surface area is 182 Å². The van der Waals surface area contributed by atoms with Gasteiger partial charge in [0.05, 0.1) is 30.9 Å². The van der Waals surface area contributed by atoms with Crippen molar-refractivity contribution in [2.75, 3.05) is 31.6 Å². The van der Waals surface area contributed by atoms with E-state index >= 15 is 0 Å². The number of para-hydroxylation sites is 1. The number of hydrogen-bond acceptors (Lipinski definition) is 4. The molecule has 0 aromatic heterocycles. The number of amides is 2. The number of esters is 1. The molecule has 1 unspecified atom stereocenters. The molecular weight excluding hydrogens is 394 g/mol. The topological polar surface area (TPSA) is 88.9 Å². The van der Waals surface area contributed by atoms with Gasteiger partial charge in [0.25, 0.3) is 11.8 Å². The maximum atomic E-state index is 12.7. The normalized spacial score (nSPS) is 18.1. The molecule has 0 saturated carbocycles. The molecule has 2 amide bonds. The highest BCUT2D eigenvalue weighted by Crippen LogP contribution is 2.15. The minimum Gasteiger partial charge on any atom is -0.466 e. The fourth-order valence-corrected chi connectivity index (χ4v) is 3.86. The minimum absolute atomic E-state index is 0.160. The zero-order valence-electron chi connectivity index (χ0n) is 17.9. The molecule has 2 aromatic rings. The summed E-state index contributed by atoms with van der Waals surface area (Å²) in [7, 11) is 0. The van der Waals surface area contributed by atoms with E-state index in [0.717, 1.165) is 29.8 Å². The van der Waals surface area contributed by atoms with Crippen LogP contribution in [0.2, 0.25) is 0 Å². The van der Waals surface area contributed by atoms with E-state index in [4.69, 9.17) is 4.74 Å². The number of rotatable bonds is 8. The van der Waals surface area contributed by atoms with Crippen molar-refractivity contribution in [3.05, 3.63) is 65.7 Å². The van der Waals surface area contributed by atoms with Gasteiger partial charge in [0.2, 0.25) is 0 Å². The molecule has 0 spiro atoms. The molecule has 1 aliphatic rings. The lowest BCUT2D eigenvalue weighted by molar-refractivity contribution is -0.899. The number of carbonyl (C=O) groups excluding carboxylic acids is 3. The zero-order valence-corrected chi connectivity index (χ0v) is 17.9. The van der Waals surface area contributed by atoms with Gasteiger partial charge >= 0.3 is 5.97 Å². The summed E-state index contributed by atoms with van der Waals surface area (Å²) in [4.78, 5) is 38.4. The van der Waals surface area contributed by atoms with Gasteiger partial charge in [-0.1, -0.05) is 42.5 Å². The van der Waals surface area contributed by atoms with E-state index in [1.165, 1.54) is 0 Å². The van der Waals surface area contributed by atoms with Gasteiger partial charge in [-0.2, -0.15) is 0 Å². The molecule has 2 aromatic carbocycles. The van der Waals surface area contributed by atoms with Crippen LogP contribution in [0.5, 0.6) is 0 Å². The summed E-state index contributed by atoms with van der Waals surface area (Å²) in [6.07, 6.45) is 1.68. The first-order valence-corrected chi connectivity index (χ1v) is 10.8. The molecule has 1 aliphatic heterocycles. The Morgan fingerprint density at radius 1 is 1.06 bits per heavy atom. The monoisotopic (exact) mass is 424 g/mol. The zero-order chi connectivity index (χ0) is 22.1. The number of hydrogen-bond donors (Lipinski definition) is 3. The molecule has 0 aliphatic carbocycles. The quantitative estimate of drug-likeness (QED) is 0.559. The molecule has 31 heavy (non-hydrogen) atoms. The van der Waals surface area contributed by atoms with E-state index < -0.39 is 0 Å². The highest BCUT2D eigenvalue weighted by Gasteiger charge is 2.30. The first-order chi connectivity index (χ1) is 15.1. The Hall–Kier alpha value is -3.19. The third-order valence-corrected chi connectivity index (χ3v) is 5.39. The maximum Gasteiger partial charge on any atom is 0.314 e. The van der Waals surface area contributed by atoms with E-state index in [1.54, 1.807) is 31.2 Å². The minimum atomic E-state index is -0.243. The second kappa shape index (κ2) is 11.3. The summed E-state index contributed by atoms with van der Waals surface area (Å²) < 4.78 is 5.13. The Bertz CT molecular complexity index is 901. The van der Waals surface area contributed by atoms with Crippen molar-refractivity contribution >= 4 is 23.5 Å². The van der Waals surface area contributed by atoms with Crippen molar-refractivity contribution in [1.29, 1.82) is 0 Å². The fourth-order valence-electron chi connectivity index (χ4n) is 3.86. The fraction of sp³-hybridized carbons (Fsp3) is 0.375. The van der Waals surface area contributed by atoms with Crippen LogP contribution in [0.3, 0.4) is 0 Å². The van der Waals surface area contributed by atoms with Crippen LogP contribution in [-0.4, -0.2) is 44.0 Å². The van der Waals surface area contributed by atoms with E-state index in [2.05, 4.69) is 10.6 Å². The van der Waals surface area contributed by atoms with Crippen LogP contribution in [0, 0.1) is 5.92 Å². The lowest BCUT2D eigenvalue weighted by Crippen LogP contribution is -3.14. The lowest BCUT2D eigenvalue weighted by atomic mass is 9.98. The van der Waals surface area contributed by atoms with Crippen molar-refractivity contribution < 1.29 is 24.0 Å². The standard InChI is InChI=1S/C24H29N3O4/c1-2-31-24(30)19-11-8-14-27(16-19)17-22(28)26-21-13-7-6-12-20(21)23(29)25-15-18-9-4-3-5-10-18/h3-7,9-10,12-13,19H,2,8,11,14-17H2,1H3,(H,25,29)(H,26,28)/p+1/t19-/m1/s1. The number of ether oxygens (including phenoxy) is 1. The van der Waals surface area contributed by atoms with Crippen LogP contribution < -0.4 is 15.5 Å². The van der Waals surface area contributed by atoms with E-state index in [1.807, 2.05) is 30.3 Å². The van der Waals surface area contributed by atoms with Crippen LogP contribution in [0.4, 0.5) is 5.69 Å². The first kappa shape index (κ1) is 22.5. The van der Waals surface area contributed by atoms with E-state index in [-0.39, 0.29) is 30.2 Å². The summed E-state index contributed by atoms with van der Waals surface area (Å²) in [6.45, 7) is 4.25. The van der Waals surface area contributed by atoms with Crippen molar-refractivity contribution in [2.45, 2.75) is 26.3 Å². The Morgan fingerprint density at radius 2 is 1.81 bits per heavy atom. The van der Waals surface area contributed by atoms with Gasteiger partial charge in [0.15, 0.2) is 6.54 Å². The predicted molar refractivity (Wildman–Crippen MR) is 118 cm³/mol. The molecule has 7 nitrogen and oxygen atoms in total. The van der Waals surface area contributed by atoms with Gasteiger partial charge in [-0.3, -0.25) is 14.4 Å². The lowest BCUT2D eigenvalue weighted by Gasteiger charge is -2.28. The molecule has 1 saturated heterocycles. The number of likely N-dealkylation sites (tertiary alicyclic amines) is 1. The highest BCUT2D eigenvalue weighted by atomic mass is 16.5. The number of quaternary nitrogens is 1. The molecule has 0 bridgehead atoms. The van der Waals surface area contributed by atoms with Crippen LogP contribution in [0.1, 0.15) is 35.7 Å². The maximum absolute atomic E-state index is 12.7. The van der Waals surface area contributed by atoms with Crippen molar-refractivity contribution in [3.8, 4) is 0 Å². The third kappa shape index (κ3) is 6.65. The van der Waals surface area contributed by atoms with Gasteiger partial charge in [-0.05, 0) is 37.5 Å². The van der Waals surface area contributed by atoms with E-state index in [9.17, 15) is 14.4 Å².